The number of hydrogen-bond acceptors (Lipinski definition) is 3. The Balaban J connectivity index is 2.81. The van der Waals surface area contributed by atoms with Gasteiger partial charge in [-0.1, -0.05) is 0 Å². The standard InChI is InChI=1S/NO3/c2-1-3-4-1/q-1. The monoisotopic (exact) mass is 62.0 g/mol. The van der Waals surface area contributed by atoms with E-state index in [1.54, 1.807) is 0 Å². The predicted molar refractivity (Wildman–Crippen MR) is 7.73 cm³/mol. The van der Waals surface area contributed by atoms with Gasteiger partial charge < -0.3 is 14.6 Å². The van der Waals surface area contributed by atoms with Crippen LogP contribution in [0.25, 0.3) is 0 Å². The van der Waals surface area contributed by atoms with Gasteiger partial charge in [0.1, 0.15) is 0 Å². The lowest BCUT2D eigenvalue weighted by Crippen LogP contribution is -1.51. The molecule has 0 saturated carbocycles. The Morgan fingerprint density at radius 1 is 1.50 bits per heavy atom. The lowest BCUT2D eigenvalue weighted by molar-refractivity contribution is 0.264. The molecule has 4 heteroatoms. The van der Waals surface area contributed by atoms with Crippen LogP contribution < -0.4 is 0 Å². The fraction of sp³-hybridized carbons (Fsp3) is 0. The second-order valence-electron chi connectivity index (χ2n) is 0.373. The highest BCUT2D eigenvalue weighted by Gasteiger charge is 1.64. The van der Waals surface area contributed by atoms with Gasteiger partial charge in [0, 0.05) is 0 Å². The van der Waals surface area contributed by atoms with Crippen molar-refractivity contribution in [1.82, 2.24) is 5.08 Å². The summed E-state index contributed by atoms with van der Waals surface area (Å²) in [5.41, 5.74) is 0. The maximum absolute atomic E-state index is 9.03. The van der Waals surface area contributed by atoms with Gasteiger partial charge in [-0.3, -0.25) is 0 Å². The van der Waals surface area contributed by atoms with Gasteiger partial charge in [0.15, 0.2) is 0 Å². The van der Waals surface area contributed by atoms with Crippen LogP contribution in [-0.2, 0) is 0 Å². The Kier molecular flexibility index (Phi) is 0.0679. The third-order valence-corrected chi connectivity index (χ3v) is 0.135. The first-order chi connectivity index (χ1) is 1.89. The molecule has 0 fully saturated rings. The van der Waals surface area contributed by atoms with E-state index < -0.39 is 0 Å². The molecular formula is NO3-. The van der Waals surface area contributed by atoms with Crippen LogP contribution in [0, 0.1) is 5.21 Å². The molecule has 4 nitrogen and oxygen atoms in total. The largest absolute Gasteiger partial charge is 0.327 e. The molecule has 1 rings (SSSR count). The van der Waals surface area contributed by atoms with Gasteiger partial charge in [0.25, 0.3) is 0 Å². The topological polar surface area (TPSA) is 54.3 Å². The molecule has 4 heavy (non-hydrogen) atoms. The van der Waals surface area contributed by atoms with E-state index in [9.17, 15) is 0 Å². The first-order valence-corrected chi connectivity index (χ1v) is 0.714. The van der Waals surface area contributed by atoms with Crippen LogP contribution in [0.3, 0.4) is 0 Å². The Bertz CT molecular complexity index is 61.8. The molecule has 0 aromatic carbocycles. The number of rotatable bonds is 0. The van der Waals surface area contributed by atoms with E-state index in [4.69, 9.17) is 5.21 Å². The third kappa shape index (κ3) is 0.00992. The van der Waals surface area contributed by atoms with Crippen LogP contribution in [-0.4, -0.2) is 5.08 Å². The smallest absolute Gasteiger partial charge is 0.0197 e. The zero-order chi connectivity index (χ0) is 2.99. The van der Waals surface area contributed by atoms with Gasteiger partial charge in [-0.05, 0) is 5.08 Å². The first-order valence-electron chi connectivity index (χ1n) is 0.714. The molecule has 1 aromatic heterocycles. The average Bonchev–Trinajstić information content (AvgIpc) is 1.75. The minimum absolute atomic E-state index is 0. The summed E-state index contributed by atoms with van der Waals surface area (Å²) in [6.45, 7) is 0. The van der Waals surface area contributed by atoms with E-state index in [1.165, 1.54) is 0 Å². The fourth-order valence-corrected chi connectivity index (χ4v) is 0.0136. The molecule has 0 aliphatic rings. The fourth-order valence-electron chi connectivity index (χ4n) is 0.0136. The maximum Gasteiger partial charge on any atom is -0.0197 e. The van der Waals surface area contributed by atoms with E-state index in [1.807, 2.05) is 0 Å². The van der Waals surface area contributed by atoms with Crippen molar-refractivity contribution in [2.45, 2.75) is 0 Å². The van der Waals surface area contributed by atoms with E-state index in [0.29, 0.717) is 0 Å². The number of hydrogen-bond donors (Lipinski definition) is 0. The van der Waals surface area contributed by atoms with Gasteiger partial charge in [0.2, 0.25) is 0 Å². The lowest BCUT2D eigenvalue weighted by Gasteiger charge is -1.52. The summed E-state index contributed by atoms with van der Waals surface area (Å²) in [6.07, 6.45) is 0. The van der Waals surface area contributed by atoms with Gasteiger partial charge in [-0.2, -0.15) is 0 Å². The van der Waals surface area contributed by atoms with E-state index in [0.717, 1.165) is 0 Å². The molecule has 0 N–H and O–H groups in total. The third-order valence-electron chi connectivity index (χ3n) is 0.135. The van der Waals surface area contributed by atoms with Crippen LogP contribution in [0.1, 0.15) is 0 Å². The molecule has 0 spiro atoms. The summed E-state index contributed by atoms with van der Waals surface area (Å²) in [4.78, 5) is 0. The zero-order valence-corrected chi connectivity index (χ0v) is 1.67. The number of aromatic nitrogens is 1. The molecule has 1 heterocycles. The second-order valence-corrected chi connectivity index (χ2v) is 0.373. The summed E-state index contributed by atoms with van der Waals surface area (Å²) in [5, 5.41) is 9.03. The van der Waals surface area contributed by atoms with Crippen molar-refractivity contribution in [3.63, 3.8) is 0 Å². The summed E-state index contributed by atoms with van der Waals surface area (Å²) in [5.74, 6) is 0. The van der Waals surface area contributed by atoms with Crippen LogP contribution in [0.4, 0.5) is 0 Å². The summed E-state index contributed by atoms with van der Waals surface area (Å²) in [7, 11) is 0. The van der Waals surface area contributed by atoms with E-state index in [2.05, 4.69) is 9.36 Å². The molecule has 1 aromatic rings. The van der Waals surface area contributed by atoms with Crippen molar-refractivity contribution in [3.05, 3.63) is 5.21 Å². The zero-order valence-electron chi connectivity index (χ0n) is 1.67. The lowest BCUT2D eigenvalue weighted by atomic mass is 13.3. The Labute approximate surface area is 21.0 Å². The molecule has 0 amide bonds. The highest BCUT2D eigenvalue weighted by atomic mass is 17.3. The van der Waals surface area contributed by atoms with Crippen LogP contribution in [0.2, 0.25) is 0 Å². The Morgan fingerprint density at radius 3 is 1.75 bits per heavy atom. The van der Waals surface area contributed by atoms with Gasteiger partial charge in [-0.25, -0.2) is 0 Å². The minimum atomic E-state index is 0. The van der Waals surface area contributed by atoms with Crippen molar-refractivity contribution in [2.24, 2.45) is 0 Å². The molecule has 0 saturated heterocycles. The Hall–Kier alpha value is -0.800. The highest BCUT2D eigenvalue weighted by molar-refractivity contribution is 4.12. The van der Waals surface area contributed by atoms with Crippen molar-refractivity contribution in [1.29, 1.82) is 0 Å². The molecule has 0 bridgehead atoms. The van der Waals surface area contributed by atoms with Crippen LogP contribution in [0.15, 0.2) is 9.36 Å². The van der Waals surface area contributed by atoms with Crippen LogP contribution in [0.5, 0.6) is 0 Å². The molecule has 0 aliphatic heterocycles. The number of nitrogens with zero attached hydrogens (tertiary/aromatic N) is 1. The highest BCUT2D eigenvalue weighted by Crippen LogP contribution is 1.82. The Morgan fingerprint density at radius 2 is 1.75 bits per heavy atom. The average molecular weight is 62.0 g/mol. The molecule has 0 unspecified atom stereocenters. The van der Waals surface area contributed by atoms with Crippen molar-refractivity contribution < 1.29 is 9.36 Å². The second kappa shape index (κ2) is 0.180. The molecule has 0 aliphatic carbocycles. The van der Waals surface area contributed by atoms with Gasteiger partial charge in [-0.15, -0.1) is 0 Å². The van der Waals surface area contributed by atoms with Crippen LogP contribution >= 0.6 is 0 Å². The molecule has 24 valence electrons. The normalized spacial score (nSPS) is 9.00. The van der Waals surface area contributed by atoms with Gasteiger partial charge in [0.05, 0.1) is 0 Å². The maximum atomic E-state index is 9.03. The van der Waals surface area contributed by atoms with Crippen molar-refractivity contribution >= 4 is 0 Å². The summed E-state index contributed by atoms with van der Waals surface area (Å²) in [6, 6.07) is 0. The molecule has 0 radical (unpaired) electrons. The SMILES string of the molecule is [O-]n1oo1. The summed E-state index contributed by atoms with van der Waals surface area (Å²) >= 11 is 0. The van der Waals surface area contributed by atoms with Gasteiger partial charge >= 0.3 is 0 Å². The van der Waals surface area contributed by atoms with Crippen molar-refractivity contribution in [3.8, 4) is 0 Å². The molecule has 0 atom stereocenters. The quantitative estimate of drug-likeness (QED) is 0.398. The van der Waals surface area contributed by atoms with E-state index >= 15 is 0 Å². The van der Waals surface area contributed by atoms with Crippen molar-refractivity contribution in [2.75, 3.05) is 0 Å². The minimum Gasteiger partial charge on any atom is -0.327 e. The predicted octanol–water partition coefficient (Wildman–Crippen LogP) is 0.0200. The first kappa shape index (κ1) is 1.51. The summed E-state index contributed by atoms with van der Waals surface area (Å²) < 4.78 is 6.97. The van der Waals surface area contributed by atoms with E-state index in [-0.39, 0.29) is 5.08 Å². The molecular weight excluding hydrogens is 62.0 g/mol.